The summed E-state index contributed by atoms with van der Waals surface area (Å²) in [5, 5.41) is 0. The second-order valence-corrected chi connectivity index (χ2v) is 16.6. The lowest BCUT2D eigenvalue weighted by Crippen LogP contribution is -2.15. The average Bonchev–Trinajstić information content (AvgIpc) is 3.63. The van der Waals surface area contributed by atoms with Crippen LogP contribution in [0.15, 0.2) is 146 Å². The smallest absolute Gasteiger partial charge is 0.0159 e. The zero-order valence-electron chi connectivity index (χ0n) is 30.4. The summed E-state index contributed by atoms with van der Waals surface area (Å²) in [6.07, 6.45) is 0. The van der Waals surface area contributed by atoms with Crippen LogP contribution in [0.5, 0.6) is 0 Å². The molecule has 7 aromatic rings. The quantitative estimate of drug-likeness (QED) is 0.178. The molecule has 0 nitrogen and oxygen atoms in total. The fraction of sp³-hybridized carbons (Fsp3) is 0.176. The highest BCUT2D eigenvalue weighted by molar-refractivity contribution is 5.91. The van der Waals surface area contributed by atoms with E-state index in [0.29, 0.717) is 0 Å². The van der Waals surface area contributed by atoms with Crippen molar-refractivity contribution in [2.45, 2.75) is 57.8 Å². The lowest BCUT2D eigenvalue weighted by molar-refractivity contribution is 0.659. The SMILES string of the molecule is CC1(C)c2ccccc2-c2ccc(-c3ccc4c(c3)C(C)(C)c3cc(-c5ccccc5-c5ccc6c(c5)C(C)(C)c5ccccc5-6)ccc3-4)cc21. The van der Waals surface area contributed by atoms with Gasteiger partial charge in [-0.05, 0) is 124 Å². The van der Waals surface area contributed by atoms with Gasteiger partial charge in [0.05, 0.1) is 0 Å². The van der Waals surface area contributed by atoms with Gasteiger partial charge in [0.1, 0.15) is 0 Å². The third-order valence-corrected chi connectivity index (χ3v) is 12.7. The van der Waals surface area contributed by atoms with Gasteiger partial charge in [-0.1, -0.05) is 163 Å². The Bertz CT molecular complexity index is 2610. The van der Waals surface area contributed by atoms with Gasteiger partial charge in [0.25, 0.3) is 0 Å². The first-order chi connectivity index (χ1) is 24.5. The van der Waals surface area contributed by atoms with E-state index in [1.54, 1.807) is 0 Å². The number of rotatable bonds is 3. The number of benzene rings is 7. The van der Waals surface area contributed by atoms with E-state index in [1.165, 1.54) is 100 Å². The predicted octanol–water partition coefficient (Wildman–Crippen LogP) is 13.6. The second-order valence-electron chi connectivity index (χ2n) is 16.6. The lowest BCUT2D eigenvalue weighted by Gasteiger charge is -2.24. The Hall–Kier alpha value is -5.46. The van der Waals surface area contributed by atoms with Crippen LogP contribution >= 0.6 is 0 Å². The van der Waals surface area contributed by atoms with Crippen molar-refractivity contribution < 1.29 is 0 Å². The maximum Gasteiger partial charge on any atom is 0.0159 e. The van der Waals surface area contributed by atoms with E-state index in [9.17, 15) is 0 Å². The summed E-state index contributed by atoms with van der Waals surface area (Å²) in [6, 6.07) is 55.3. The maximum absolute atomic E-state index is 2.47. The Labute approximate surface area is 302 Å². The summed E-state index contributed by atoms with van der Waals surface area (Å²) in [6.45, 7) is 14.3. The van der Waals surface area contributed by atoms with E-state index >= 15 is 0 Å². The molecule has 0 saturated heterocycles. The normalized spacial score (nSPS) is 16.1. The van der Waals surface area contributed by atoms with Crippen LogP contribution in [0.1, 0.15) is 74.9 Å². The molecule has 0 aromatic heterocycles. The largest absolute Gasteiger partial charge is 0.0619 e. The third-order valence-electron chi connectivity index (χ3n) is 12.7. The highest BCUT2D eigenvalue weighted by Crippen LogP contribution is 2.54. The molecule has 51 heavy (non-hydrogen) atoms. The molecule has 0 unspecified atom stereocenters. The molecular weight excluding hydrogens is 613 g/mol. The van der Waals surface area contributed by atoms with Crippen LogP contribution < -0.4 is 0 Å². The summed E-state index contributed by atoms with van der Waals surface area (Å²) < 4.78 is 0. The first-order valence-electron chi connectivity index (χ1n) is 18.4. The topological polar surface area (TPSA) is 0 Å². The highest BCUT2D eigenvalue weighted by atomic mass is 14.4. The van der Waals surface area contributed by atoms with Crippen molar-refractivity contribution in [3.63, 3.8) is 0 Å². The summed E-state index contributed by atoms with van der Waals surface area (Å²) in [4.78, 5) is 0. The molecule has 3 aliphatic carbocycles. The molecule has 7 aromatic carbocycles. The Balaban J connectivity index is 1.03. The highest BCUT2D eigenvalue weighted by Gasteiger charge is 2.38. The van der Waals surface area contributed by atoms with Gasteiger partial charge >= 0.3 is 0 Å². The molecule has 0 heteroatoms. The van der Waals surface area contributed by atoms with Gasteiger partial charge in [-0.15, -0.1) is 0 Å². The van der Waals surface area contributed by atoms with Gasteiger partial charge in [0.15, 0.2) is 0 Å². The van der Waals surface area contributed by atoms with Crippen LogP contribution in [-0.2, 0) is 16.2 Å². The minimum atomic E-state index is -0.124. The van der Waals surface area contributed by atoms with E-state index in [4.69, 9.17) is 0 Å². The molecule has 246 valence electrons. The van der Waals surface area contributed by atoms with Crippen LogP contribution in [-0.4, -0.2) is 0 Å². The lowest BCUT2D eigenvalue weighted by atomic mass is 9.79. The van der Waals surface area contributed by atoms with Crippen molar-refractivity contribution in [3.8, 4) is 66.8 Å². The molecule has 0 N–H and O–H groups in total. The van der Waals surface area contributed by atoms with Crippen LogP contribution in [0, 0.1) is 0 Å². The Morgan fingerprint density at radius 3 is 0.863 bits per heavy atom. The van der Waals surface area contributed by atoms with E-state index < -0.39 is 0 Å². The van der Waals surface area contributed by atoms with Crippen molar-refractivity contribution in [2.24, 2.45) is 0 Å². The molecular formula is C51H42. The van der Waals surface area contributed by atoms with Gasteiger partial charge in [-0.2, -0.15) is 0 Å². The fourth-order valence-corrected chi connectivity index (χ4v) is 9.83. The molecule has 0 radical (unpaired) electrons. The van der Waals surface area contributed by atoms with Gasteiger partial charge in [-0.25, -0.2) is 0 Å². The maximum atomic E-state index is 2.47. The van der Waals surface area contributed by atoms with E-state index in [1.807, 2.05) is 0 Å². The Morgan fingerprint density at radius 1 is 0.235 bits per heavy atom. The zero-order chi connectivity index (χ0) is 34.9. The molecule has 0 amide bonds. The van der Waals surface area contributed by atoms with Crippen molar-refractivity contribution >= 4 is 0 Å². The molecule has 0 saturated carbocycles. The van der Waals surface area contributed by atoms with Gasteiger partial charge in [0, 0.05) is 16.2 Å². The average molecular weight is 655 g/mol. The predicted molar refractivity (Wildman–Crippen MR) is 215 cm³/mol. The van der Waals surface area contributed by atoms with E-state index in [-0.39, 0.29) is 16.2 Å². The summed E-state index contributed by atoms with van der Waals surface area (Å²) in [5.74, 6) is 0. The van der Waals surface area contributed by atoms with Crippen molar-refractivity contribution in [1.82, 2.24) is 0 Å². The van der Waals surface area contributed by atoms with Crippen molar-refractivity contribution in [1.29, 1.82) is 0 Å². The van der Waals surface area contributed by atoms with Crippen molar-refractivity contribution in [3.05, 3.63) is 179 Å². The fourth-order valence-electron chi connectivity index (χ4n) is 9.83. The van der Waals surface area contributed by atoms with E-state index in [0.717, 1.165) is 0 Å². The van der Waals surface area contributed by atoms with Crippen LogP contribution in [0.25, 0.3) is 66.8 Å². The van der Waals surface area contributed by atoms with Crippen molar-refractivity contribution in [2.75, 3.05) is 0 Å². The summed E-state index contributed by atoms with van der Waals surface area (Å²) >= 11 is 0. The first kappa shape index (κ1) is 30.4. The third kappa shape index (κ3) is 4.14. The van der Waals surface area contributed by atoms with Gasteiger partial charge in [-0.3, -0.25) is 0 Å². The minimum absolute atomic E-state index is 0.0120. The van der Waals surface area contributed by atoms with Gasteiger partial charge < -0.3 is 0 Å². The number of hydrogen-bond acceptors (Lipinski definition) is 0. The minimum Gasteiger partial charge on any atom is -0.0619 e. The first-order valence-corrected chi connectivity index (χ1v) is 18.4. The zero-order valence-corrected chi connectivity index (χ0v) is 30.4. The molecule has 10 rings (SSSR count). The molecule has 0 atom stereocenters. The second kappa shape index (κ2) is 10.3. The molecule has 0 spiro atoms. The molecule has 3 aliphatic rings. The van der Waals surface area contributed by atoms with Crippen LogP contribution in [0.2, 0.25) is 0 Å². The molecule has 0 bridgehead atoms. The molecule has 0 heterocycles. The Morgan fingerprint density at radius 2 is 0.490 bits per heavy atom. The number of hydrogen-bond donors (Lipinski definition) is 0. The van der Waals surface area contributed by atoms with Crippen LogP contribution in [0.4, 0.5) is 0 Å². The summed E-state index contributed by atoms with van der Waals surface area (Å²) in [7, 11) is 0. The molecule has 0 fully saturated rings. The standard InChI is InChI=1S/C51H42/c1-49(2)43-17-11-9-15-37(43)39-23-19-31(27-45(39)49)32-20-24-41-42-26-22-34(30-48(42)51(5,6)46(41)28-32)36-14-8-7-13-35(36)33-21-25-40-38-16-10-12-18-44(38)50(3,4)47(40)29-33/h7-30H,1-6H3. The monoisotopic (exact) mass is 654 g/mol. The van der Waals surface area contributed by atoms with Gasteiger partial charge in [0.2, 0.25) is 0 Å². The Kier molecular flexibility index (Phi) is 6.13. The van der Waals surface area contributed by atoms with E-state index in [2.05, 4.69) is 187 Å². The molecule has 0 aliphatic heterocycles. The number of fused-ring (bicyclic) bond motifs is 9. The van der Waals surface area contributed by atoms with Crippen LogP contribution in [0.3, 0.4) is 0 Å². The summed E-state index contributed by atoms with van der Waals surface area (Å²) in [5.41, 5.74) is 24.2.